The number of likely N-dealkylation sites (N-methyl/N-ethyl adjacent to an activating group) is 1. The Morgan fingerprint density at radius 2 is 1.84 bits per heavy atom. The van der Waals surface area contributed by atoms with Crippen LogP contribution in [-0.4, -0.2) is 34.5 Å². The van der Waals surface area contributed by atoms with Crippen LogP contribution in [0, 0.1) is 6.92 Å². The van der Waals surface area contributed by atoms with Crippen LogP contribution in [0.25, 0.3) is 0 Å². The van der Waals surface area contributed by atoms with Gasteiger partial charge in [-0.1, -0.05) is 18.2 Å². The zero-order chi connectivity index (χ0) is 18.4. The zero-order valence-electron chi connectivity index (χ0n) is 14.5. The highest BCUT2D eigenvalue weighted by Crippen LogP contribution is 2.21. The monoisotopic (exact) mass is 362 g/mol. The van der Waals surface area contributed by atoms with E-state index in [1.165, 1.54) is 24.1 Å². The first-order valence-corrected chi connectivity index (χ1v) is 9.37. The molecule has 2 rings (SSSR count). The van der Waals surface area contributed by atoms with E-state index in [9.17, 15) is 13.2 Å². The Kier molecular flexibility index (Phi) is 6.17. The molecule has 0 aliphatic heterocycles. The van der Waals surface area contributed by atoms with Crippen molar-refractivity contribution in [1.82, 2.24) is 4.72 Å². The van der Waals surface area contributed by atoms with E-state index in [-0.39, 0.29) is 17.3 Å². The van der Waals surface area contributed by atoms with Gasteiger partial charge in [-0.05, 0) is 49.7 Å². The number of amides is 1. The Balaban J connectivity index is 2.11. The minimum Gasteiger partial charge on any atom is -0.496 e. The van der Waals surface area contributed by atoms with Gasteiger partial charge >= 0.3 is 0 Å². The van der Waals surface area contributed by atoms with E-state index in [0.717, 1.165) is 5.69 Å². The number of carbonyl (C=O) groups excluding carboxylic acids is 1. The predicted molar refractivity (Wildman–Crippen MR) is 97.4 cm³/mol. The fourth-order valence-corrected chi connectivity index (χ4v) is 3.52. The summed E-state index contributed by atoms with van der Waals surface area (Å²) in [5.41, 5.74) is 1.44. The summed E-state index contributed by atoms with van der Waals surface area (Å²) in [4.78, 5) is 14.0. The summed E-state index contributed by atoms with van der Waals surface area (Å²) in [6, 6.07) is 13.7. The molecule has 0 saturated heterocycles. The summed E-state index contributed by atoms with van der Waals surface area (Å²) >= 11 is 0. The molecule has 7 heteroatoms. The summed E-state index contributed by atoms with van der Waals surface area (Å²) in [6.07, 6.45) is 0. The highest BCUT2D eigenvalue weighted by atomic mass is 32.2. The van der Waals surface area contributed by atoms with E-state index in [2.05, 4.69) is 4.72 Å². The van der Waals surface area contributed by atoms with Gasteiger partial charge in [-0.15, -0.1) is 0 Å². The quantitative estimate of drug-likeness (QED) is 0.820. The van der Waals surface area contributed by atoms with Gasteiger partial charge in [0.1, 0.15) is 5.75 Å². The summed E-state index contributed by atoms with van der Waals surface area (Å²) in [6.45, 7) is 3.74. The molecule has 0 aliphatic carbocycles. The molecule has 2 aromatic rings. The van der Waals surface area contributed by atoms with Crippen LogP contribution in [0.2, 0.25) is 0 Å². The van der Waals surface area contributed by atoms with Gasteiger partial charge < -0.3 is 9.64 Å². The topological polar surface area (TPSA) is 75.7 Å². The number of anilines is 1. The Bertz CT molecular complexity index is 835. The number of methoxy groups -OCH3 is 1. The molecule has 1 N–H and O–H groups in total. The molecule has 0 spiro atoms. The van der Waals surface area contributed by atoms with Crippen molar-refractivity contribution in [2.24, 2.45) is 0 Å². The summed E-state index contributed by atoms with van der Waals surface area (Å²) in [5, 5.41) is 0. The highest BCUT2D eigenvalue weighted by Gasteiger charge is 2.19. The molecule has 0 saturated carbocycles. The number of carbonyl (C=O) groups is 1. The van der Waals surface area contributed by atoms with Gasteiger partial charge in [-0.3, -0.25) is 4.79 Å². The second-order valence-electron chi connectivity index (χ2n) is 5.43. The van der Waals surface area contributed by atoms with Crippen LogP contribution in [0.1, 0.15) is 12.5 Å². The van der Waals surface area contributed by atoms with Crippen LogP contribution < -0.4 is 14.4 Å². The van der Waals surface area contributed by atoms with E-state index in [1.807, 2.05) is 37.3 Å². The third-order valence-corrected chi connectivity index (χ3v) is 5.17. The first-order chi connectivity index (χ1) is 11.9. The Morgan fingerprint density at radius 1 is 1.16 bits per heavy atom. The van der Waals surface area contributed by atoms with Crippen LogP contribution in [-0.2, 0) is 14.8 Å². The van der Waals surface area contributed by atoms with Gasteiger partial charge in [-0.25, -0.2) is 13.1 Å². The fourth-order valence-electron chi connectivity index (χ4n) is 2.46. The number of nitrogens with zero attached hydrogens (tertiary/aromatic N) is 1. The minimum absolute atomic E-state index is 0.0985. The van der Waals surface area contributed by atoms with Gasteiger partial charge in [0.2, 0.25) is 15.9 Å². The molecule has 6 nitrogen and oxygen atoms in total. The molecule has 0 atom stereocenters. The number of sulfonamides is 1. The Morgan fingerprint density at radius 3 is 2.40 bits per heavy atom. The zero-order valence-corrected chi connectivity index (χ0v) is 15.3. The Hall–Kier alpha value is -2.38. The smallest absolute Gasteiger partial charge is 0.242 e. The maximum Gasteiger partial charge on any atom is 0.242 e. The molecule has 25 heavy (non-hydrogen) atoms. The van der Waals surface area contributed by atoms with Crippen molar-refractivity contribution in [3.8, 4) is 5.75 Å². The van der Waals surface area contributed by atoms with Crippen molar-refractivity contribution in [1.29, 1.82) is 0 Å². The number of para-hydroxylation sites is 1. The minimum atomic E-state index is -3.78. The van der Waals surface area contributed by atoms with E-state index in [1.54, 1.807) is 13.0 Å². The first kappa shape index (κ1) is 19.0. The molecule has 134 valence electrons. The molecular weight excluding hydrogens is 340 g/mol. The van der Waals surface area contributed by atoms with Crippen LogP contribution in [0.3, 0.4) is 0 Å². The lowest BCUT2D eigenvalue weighted by atomic mass is 10.2. The van der Waals surface area contributed by atoms with Crippen molar-refractivity contribution < 1.29 is 17.9 Å². The molecule has 0 fully saturated rings. The molecular formula is C18H22N2O4S. The van der Waals surface area contributed by atoms with Crippen LogP contribution >= 0.6 is 0 Å². The standard InChI is InChI=1S/C18H22N2O4S/c1-4-20(15-8-6-5-7-9-15)18(21)13-19-25(22,23)16-10-11-17(24-3)14(2)12-16/h5-12,19H,4,13H2,1-3H3. The third kappa shape index (κ3) is 4.58. The maximum atomic E-state index is 12.4. The van der Waals surface area contributed by atoms with Crippen molar-refractivity contribution in [3.05, 3.63) is 54.1 Å². The SMILES string of the molecule is CCN(C(=O)CNS(=O)(=O)c1ccc(OC)c(C)c1)c1ccccc1. The van der Waals surface area contributed by atoms with Gasteiger partial charge in [0, 0.05) is 12.2 Å². The third-order valence-electron chi connectivity index (χ3n) is 3.78. The second kappa shape index (κ2) is 8.13. The van der Waals surface area contributed by atoms with Gasteiger partial charge in [-0.2, -0.15) is 0 Å². The predicted octanol–water partition coefficient (Wildman–Crippen LogP) is 2.34. The first-order valence-electron chi connectivity index (χ1n) is 7.88. The molecule has 0 aliphatic rings. The van der Waals surface area contributed by atoms with Crippen LogP contribution in [0.4, 0.5) is 5.69 Å². The number of nitrogens with one attached hydrogen (secondary N) is 1. The molecule has 0 unspecified atom stereocenters. The number of hydrogen-bond donors (Lipinski definition) is 1. The van der Waals surface area contributed by atoms with Gasteiger partial charge in [0.15, 0.2) is 0 Å². The molecule has 0 heterocycles. The highest BCUT2D eigenvalue weighted by molar-refractivity contribution is 7.89. The summed E-state index contributed by atoms with van der Waals surface area (Å²) in [7, 11) is -2.26. The molecule has 2 aromatic carbocycles. The molecule has 0 radical (unpaired) electrons. The van der Waals surface area contributed by atoms with Crippen molar-refractivity contribution >= 4 is 21.6 Å². The lowest BCUT2D eigenvalue weighted by molar-refractivity contribution is -0.117. The number of hydrogen-bond acceptors (Lipinski definition) is 4. The molecule has 0 bridgehead atoms. The second-order valence-corrected chi connectivity index (χ2v) is 7.20. The summed E-state index contributed by atoms with van der Waals surface area (Å²) in [5.74, 6) is 0.291. The van der Waals surface area contributed by atoms with Crippen molar-refractivity contribution in [2.75, 3.05) is 25.1 Å². The lowest BCUT2D eigenvalue weighted by Gasteiger charge is -2.21. The summed E-state index contributed by atoms with van der Waals surface area (Å²) < 4.78 is 32.3. The van der Waals surface area contributed by atoms with E-state index < -0.39 is 10.0 Å². The number of aryl methyl sites for hydroxylation is 1. The molecule has 0 aromatic heterocycles. The maximum absolute atomic E-state index is 12.4. The normalized spacial score (nSPS) is 11.2. The number of ether oxygens (including phenoxy) is 1. The average Bonchev–Trinajstić information content (AvgIpc) is 2.61. The van der Waals surface area contributed by atoms with Crippen molar-refractivity contribution in [3.63, 3.8) is 0 Å². The van der Waals surface area contributed by atoms with E-state index in [0.29, 0.717) is 17.9 Å². The van der Waals surface area contributed by atoms with Crippen LogP contribution in [0.5, 0.6) is 5.75 Å². The average molecular weight is 362 g/mol. The van der Waals surface area contributed by atoms with Crippen LogP contribution in [0.15, 0.2) is 53.4 Å². The van der Waals surface area contributed by atoms with E-state index >= 15 is 0 Å². The Labute approximate surface area is 148 Å². The number of rotatable bonds is 7. The van der Waals surface area contributed by atoms with Crippen molar-refractivity contribution in [2.45, 2.75) is 18.7 Å². The van der Waals surface area contributed by atoms with Gasteiger partial charge in [0.25, 0.3) is 0 Å². The fraction of sp³-hybridized carbons (Fsp3) is 0.278. The largest absolute Gasteiger partial charge is 0.496 e. The molecule has 1 amide bonds. The lowest BCUT2D eigenvalue weighted by Crippen LogP contribution is -2.40. The van der Waals surface area contributed by atoms with E-state index in [4.69, 9.17) is 4.74 Å². The number of benzene rings is 2. The van der Waals surface area contributed by atoms with Gasteiger partial charge in [0.05, 0.1) is 18.6 Å².